The molecule has 2 rings (SSSR count). The van der Waals surface area contributed by atoms with Gasteiger partial charge in [-0.05, 0) is 49.4 Å². The topological polar surface area (TPSA) is 99.4 Å². The summed E-state index contributed by atoms with van der Waals surface area (Å²) in [6.07, 6.45) is 8.63. The Labute approximate surface area is 186 Å². The zero-order valence-electron chi connectivity index (χ0n) is 17.6. The van der Waals surface area contributed by atoms with Gasteiger partial charge in [0.25, 0.3) is 0 Å². The van der Waals surface area contributed by atoms with E-state index in [9.17, 15) is 24.6 Å². The highest BCUT2D eigenvalue weighted by Gasteiger charge is 2.38. The van der Waals surface area contributed by atoms with Gasteiger partial charge in [0.2, 0.25) is 0 Å². The molecule has 0 aromatic heterocycles. The fraction of sp³-hybridized carbons (Fsp3) is 0.478. The molecule has 0 spiro atoms. The number of methoxy groups -OCH3 is 1. The summed E-state index contributed by atoms with van der Waals surface area (Å²) in [5.41, 5.74) is 0.502. The van der Waals surface area contributed by atoms with E-state index in [2.05, 4.69) is 9.89 Å². The van der Waals surface area contributed by atoms with E-state index in [1.807, 2.05) is 12.2 Å². The van der Waals surface area contributed by atoms with Crippen LogP contribution in [0.2, 0.25) is 0 Å². The van der Waals surface area contributed by atoms with Crippen LogP contribution in [0.5, 0.6) is 0 Å². The number of aliphatic hydroxyl groups is 2. The molecule has 1 aromatic rings. The smallest absolute Gasteiger partial charge is 0.305 e. The lowest BCUT2D eigenvalue weighted by Gasteiger charge is -2.18. The minimum Gasteiger partial charge on any atom is -0.469 e. The number of nitrogens with zero attached hydrogens (tertiary/aromatic N) is 1. The highest BCUT2D eigenvalue weighted by molar-refractivity contribution is 7.99. The molecule has 0 bridgehead atoms. The average molecular weight is 452 g/mol. The summed E-state index contributed by atoms with van der Waals surface area (Å²) >= 11 is 1.41. The van der Waals surface area contributed by atoms with Crippen LogP contribution < -0.4 is 0 Å². The molecule has 1 fully saturated rings. The fourth-order valence-corrected chi connectivity index (χ4v) is 4.37. The molecule has 0 aliphatic heterocycles. The lowest BCUT2D eigenvalue weighted by atomic mass is 9.89. The molecular formula is C23H30FNO5S. The lowest BCUT2D eigenvalue weighted by molar-refractivity contribution is -0.140. The van der Waals surface area contributed by atoms with E-state index in [0.717, 1.165) is 11.3 Å². The van der Waals surface area contributed by atoms with E-state index >= 15 is 0 Å². The van der Waals surface area contributed by atoms with Crippen molar-refractivity contribution in [2.75, 3.05) is 12.9 Å². The Hall–Kier alpha value is -2.16. The van der Waals surface area contributed by atoms with Crippen LogP contribution in [0, 0.1) is 17.7 Å². The number of ether oxygens (including phenoxy) is 1. The predicted octanol–water partition coefficient (Wildman–Crippen LogP) is 3.95. The Bertz CT molecular complexity index is 781. The van der Waals surface area contributed by atoms with E-state index in [4.69, 9.17) is 0 Å². The van der Waals surface area contributed by atoms with E-state index in [-0.39, 0.29) is 23.6 Å². The summed E-state index contributed by atoms with van der Waals surface area (Å²) in [7, 11) is 1.36. The van der Waals surface area contributed by atoms with Crippen LogP contribution in [0.15, 0.2) is 58.6 Å². The highest BCUT2D eigenvalue weighted by atomic mass is 32.2. The Morgan fingerprint density at radius 2 is 2.03 bits per heavy atom. The van der Waals surface area contributed by atoms with Crippen LogP contribution in [0.1, 0.15) is 32.1 Å². The molecule has 3 N–H and O–H groups in total. The Morgan fingerprint density at radius 1 is 1.32 bits per heavy atom. The van der Waals surface area contributed by atoms with Crippen molar-refractivity contribution in [3.05, 3.63) is 54.4 Å². The van der Waals surface area contributed by atoms with E-state index in [1.165, 1.54) is 31.0 Å². The largest absolute Gasteiger partial charge is 0.469 e. The number of halogens is 1. The second-order valence-electron chi connectivity index (χ2n) is 7.43. The van der Waals surface area contributed by atoms with Crippen LogP contribution in [0.3, 0.4) is 0 Å². The number of aliphatic hydroxyl groups excluding tert-OH is 2. The number of thioether (sulfide) groups is 1. The Kier molecular flexibility index (Phi) is 10.8. The number of hydrogen-bond donors (Lipinski definition) is 3. The van der Waals surface area contributed by atoms with E-state index in [0.29, 0.717) is 37.1 Å². The number of esters is 1. The van der Waals surface area contributed by atoms with Crippen molar-refractivity contribution < 1.29 is 29.3 Å². The van der Waals surface area contributed by atoms with Crippen LogP contribution >= 0.6 is 11.8 Å². The summed E-state index contributed by atoms with van der Waals surface area (Å²) in [4.78, 5) is 12.0. The second-order valence-corrected chi connectivity index (χ2v) is 8.53. The van der Waals surface area contributed by atoms with Gasteiger partial charge in [-0.15, -0.1) is 11.8 Å². The second kappa shape index (κ2) is 13.3. The van der Waals surface area contributed by atoms with Gasteiger partial charge in [0.15, 0.2) is 0 Å². The SMILES string of the molecule is COC(=O)CC/C=C\CC[C@H]1[C@@H](O)C/C(=N/O)[C@@H]1/C=C/[C@@H](O)CSc1ccc(F)cc1. The van der Waals surface area contributed by atoms with Crippen molar-refractivity contribution in [1.82, 2.24) is 0 Å². The minimum atomic E-state index is -0.730. The minimum absolute atomic E-state index is 0.121. The highest BCUT2D eigenvalue weighted by Crippen LogP contribution is 2.35. The first-order valence-electron chi connectivity index (χ1n) is 10.3. The third-order valence-electron chi connectivity index (χ3n) is 5.24. The Balaban J connectivity index is 1.86. The van der Waals surface area contributed by atoms with E-state index in [1.54, 1.807) is 24.3 Å². The van der Waals surface area contributed by atoms with Gasteiger partial charge in [0, 0.05) is 29.4 Å². The third-order valence-corrected chi connectivity index (χ3v) is 6.35. The van der Waals surface area contributed by atoms with Gasteiger partial charge < -0.3 is 20.2 Å². The molecule has 0 unspecified atom stereocenters. The summed E-state index contributed by atoms with van der Waals surface area (Å²) in [5, 5.41) is 33.3. The van der Waals surface area contributed by atoms with Gasteiger partial charge in [0.1, 0.15) is 5.82 Å². The number of rotatable bonds is 11. The maximum atomic E-state index is 13.0. The molecule has 1 aliphatic carbocycles. The van der Waals surface area contributed by atoms with Crippen molar-refractivity contribution in [3.8, 4) is 0 Å². The lowest BCUT2D eigenvalue weighted by Crippen LogP contribution is -2.19. The summed E-state index contributed by atoms with van der Waals surface area (Å²) in [6, 6.07) is 6.08. The predicted molar refractivity (Wildman–Crippen MR) is 119 cm³/mol. The molecular weight excluding hydrogens is 421 g/mol. The summed E-state index contributed by atoms with van der Waals surface area (Å²) in [6.45, 7) is 0. The Morgan fingerprint density at radius 3 is 2.71 bits per heavy atom. The molecule has 0 radical (unpaired) electrons. The van der Waals surface area contributed by atoms with Gasteiger partial charge in [0.05, 0.1) is 25.0 Å². The zero-order chi connectivity index (χ0) is 22.6. The molecule has 170 valence electrons. The van der Waals surface area contributed by atoms with Crippen LogP contribution in [0.25, 0.3) is 0 Å². The van der Waals surface area contributed by atoms with Crippen molar-refractivity contribution in [2.24, 2.45) is 17.0 Å². The maximum absolute atomic E-state index is 13.0. The van der Waals surface area contributed by atoms with Gasteiger partial charge in [-0.1, -0.05) is 29.5 Å². The molecule has 1 saturated carbocycles. The van der Waals surface area contributed by atoms with Crippen LogP contribution in [0.4, 0.5) is 4.39 Å². The fourth-order valence-electron chi connectivity index (χ4n) is 3.56. The molecule has 4 atom stereocenters. The molecule has 31 heavy (non-hydrogen) atoms. The standard InChI is InChI=1S/C23H30FNO5S/c1-30-23(28)7-5-3-2-4-6-20-19(21(25-29)14-22(20)27)13-10-17(26)15-31-18-11-8-16(24)9-12-18/h2-3,8-13,17,19-20,22,26-27,29H,4-7,14-15H2,1H3/b3-2-,13-10+,25-21-/t17-,19-,20-,22+/m1/s1. The molecule has 8 heteroatoms. The molecule has 1 aromatic carbocycles. The zero-order valence-corrected chi connectivity index (χ0v) is 18.4. The van der Waals surface area contributed by atoms with Crippen molar-refractivity contribution in [3.63, 3.8) is 0 Å². The first kappa shape index (κ1) is 25.1. The van der Waals surface area contributed by atoms with Crippen LogP contribution in [-0.4, -0.2) is 52.2 Å². The normalized spacial score (nSPS) is 23.7. The number of carbonyl (C=O) groups is 1. The first-order chi connectivity index (χ1) is 14.9. The molecule has 6 nitrogen and oxygen atoms in total. The number of carbonyl (C=O) groups excluding carboxylic acids is 1. The average Bonchev–Trinajstić information content (AvgIpc) is 3.08. The van der Waals surface area contributed by atoms with Gasteiger partial charge in [-0.3, -0.25) is 4.79 Å². The first-order valence-corrected chi connectivity index (χ1v) is 11.3. The number of benzene rings is 1. The van der Waals surface area contributed by atoms with Crippen molar-refractivity contribution in [1.29, 1.82) is 0 Å². The quantitative estimate of drug-likeness (QED) is 0.155. The van der Waals surface area contributed by atoms with E-state index < -0.39 is 12.2 Å². The van der Waals surface area contributed by atoms with Crippen molar-refractivity contribution in [2.45, 2.75) is 49.2 Å². The number of hydrogen-bond acceptors (Lipinski definition) is 7. The van der Waals surface area contributed by atoms with Gasteiger partial charge in [-0.25, -0.2) is 4.39 Å². The van der Waals surface area contributed by atoms with Gasteiger partial charge in [-0.2, -0.15) is 0 Å². The van der Waals surface area contributed by atoms with Gasteiger partial charge >= 0.3 is 5.97 Å². The summed E-state index contributed by atoms with van der Waals surface area (Å²) < 4.78 is 17.6. The monoisotopic (exact) mass is 451 g/mol. The molecule has 1 aliphatic rings. The third kappa shape index (κ3) is 8.47. The van der Waals surface area contributed by atoms with Crippen molar-refractivity contribution >= 4 is 23.4 Å². The molecule has 0 heterocycles. The van der Waals surface area contributed by atoms with Crippen LogP contribution in [-0.2, 0) is 9.53 Å². The molecule has 0 amide bonds. The molecule has 0 saturated heterocycles. The number of oxime groups is 1. The maximum Gasteiger partial charge on any atom is 0.305 e. The number of allylic oxidation sites excluding steroid dienone is 3. The summed E-state index contributed by atoms with van der Waals surface area (Å²) in [5.74, 6) is -0.527.